The van der Waals surface area contributed by atoms with Crippen molar-refractivity contribution in [2.75, 3.05) is 19.6 Å². The minimum atomic E-state index is 0.660. The van der Waals surface area contributed by atoms with Gasteiger partial charge in [-0.05, 0) is 70.0 Å². The van der Waals surface area contributed by atoms with Crippen LogP contribution in [-0.2, 0) is 0 Å². The number of nitrogens with zero attached hydrogens (tertiary/aromatic N) is 1. The van der Waals surface area contributed by atoms with Crippen LogP contribution in [0, 0.1) is 5.41 Å². The lowest BCUT2D eigenvalue weighted by atomic mass is 9.71. The zero-order chi connectivity index (χ0) is 14.1. The molecule has 0 aromatic carbocycles. The predicted molar refractivity (Wildman–Crippen MR) is 86.6 cm³/mol. The molecule has 0 aromatic heterocycles. The third-order valence-electron chi connectivity index (χ3n) is 4.99. The summed E-state index contributed by atoms with van der Waals surface area (Å²) >= 11 is 0. The summed E-state index contributed by atoms with van der Waals surface area (Å²) < 4.78 is 0. The Hall–Kier alpha value is -0.300. The second-order valence-corrected chi connectivity index (χ2v) is 6.54. The van der Waals surface area contributed by atoms with Gasteiger partial charge < -0.3 is 4.90 Å². The van der Waals surface area contributed by atoms with Crippen molar-refractivity contribution in [3.8, 4) is 0 Å². The Morgan fingerprint density at radius 1 is 1.00 bits per heavy atom. The highest BCUT2D eigenvalue weighted by molar-refractivity contribution is 4.94. The predicted octanol–water partition coefficient (Wildman–Crippen LogP) is 5.42. The van der Waals surface area contributed by atoms with Crippen molar-refractivity contribution >= 4 is 0 Å². The molecule has 0 amide bonds. The highest BCUT2D eigenvalue weighted by atomic mass is 15.1. The second kappa shape index (κ2) is 8.79. The van der Waals surface area contributed by atoms with Crippen molar-refractivity contribution in [3.63, 3.8) is 0 Å². The first-order valence-corrected chi connectivity index (χ1v) is 8.54. The molecule has 0 bridgehead atoms. The van der Waals surface area contributed by atoms with E-state index in [2.05, 4.69) is 32.3 Å². The van der Waals surface area contributed by atoms with Gasteiger partial charge in [0.2, 0.25) is 0 Å². The molecule has 1 aliphatic rings. The van der Waals surface area contributed by atoms with Gasteiger partial charge in [-0.3, -0.25) is 0 Å². The van der Waals surface area contributed by atoms with E-state index in [1.54, 1.807) is 0 Å². The molecular formula is C18H35N. The number of rotatable bonds is 9. The van der Waals surface area contributed by atoms with Crippen LogP contribution in [0.1, 0.15) is 78.6 Å². The number of likely N-dealkylation sites (tertiary alicyclic amines) is 1. The molecule has 0 radical (unpaired) electrons. The first-order chi connectivity index (χ1) is 9.15. The van der Waals surface area contributed by atoms with Crippen LogP contribution in [0.25, 0.3) is 0 Å². The van der Waals surface area contributed by atoms with Crippen LogP contribution < -0.4 is 0 Å². The first kappa shape index (κ1) is 16.8. The Balaban J connectivity index is 2.38. The van der Waals surface area contributed by atoms with E-state index in [0.717, 1.165) is 0 Å². The third kappa shape index (κ3) is 5.69. The van der Waals surface area contributed by atoms with Crippen molar-refractivity contribution in [2.24, 2.45) is 5.41 Å². The van der Waals surface area contributed by atoms with Gasteiger partial charge in [0.25, 0.3) is 0 Å². The van der Waals surface area contributed by atoms with E-state index >= 15 is 0 Å². The van der Waals surface area contributed by atoms with Crippen LogP contribution >= 0.6 is 0 Å². The van der Waals surface area contributed by atoms with E-state index in [1.807, 2.05) is 0 Å². The number of hydrogen-bond donors (Lipinski definition) is 0. The van der Waals surface area contributed by atoms with Crippen molar-refractivity contribution in [1.82, 2.24) is 4.90 Å². The Labute approximate surface area is 121 Å². The van der Waals surface area contributed by atoms with E-state index < -0.39 is 0 Å². The Morgan fingerprint density at radius 2 is 1.68 bits per heavy atom. The Kier molecular flexibility index (Phi) is 7.75. The van der Waals surface area contributed by atoms with Gasteiger partial charge in [-0.15, -0.1) is 0 Å². The smallest absolute Gasteiger partial charge is 0.00135 e. The summed E-state index contributed by atoms with van der Waals surface area (Å²) in [5, 5.41) is 0. The summed E-state index contributed by atoms with van der Waals surface area (Å²) in [6.45, 7) is 15.0. The van der Waals surface area contributed by atoms with Crippen LogP contribution in [-0.4, -0.2) is 24.5 Å². The normalized spacial score (nSPS) is 19.5. The molecule has 1 rings (SSSR count). The summed E-state index contributed by atoms with van der Waals surface area (Å²) in [5.74, 6) is 0. The zero-order valence-corrected chi connectivity index (χ0v) is 13.6. The Bertz CT molecular complexity index is 248. The molecule has 0 spiro atoms. The lowest BCUT2D eigenvalue weighted by Crippen LogP contribution is -2.39. The van der Waals surface area contributed by atoms with E-state index in [4.69, 9.17) is 0 Å². The molecule has 1 nitrogen and oxygen atoms in total. The summed E-state index contributed by atoms with van der Waals surface area (Å²) in [6.07, 6.45) is 12.2. The minimum absolute atomic E-state index is 0.660. The highest BCUT2D eigenvalue weighted by Gasteiger charge is 2.32. The third-order valence-corrected chi connectivity index (χ3v) is 4.99. The minimum Gasteiger partial charge on any atom is -0.304 e. The van der Waals surface area contributed by atoms with E-state index in [0.29, 0.717) is 5.41 Å². The molecule has 0 N–H and O–H groups in total. The summed E-state index contributed by atoms with van der Waals surface area (Å²) in [5.41, 5.74) is 2.13. The van der Waals surface area contributed by atoms with Gasteiger partial charge in [-0.1, -0.05) is 45.8 Å². The van der Waals surface area contributed by atoms with Crippen molar-refractivity contribution < 1.29 is 0 Å². The maximum absolute atomic E-state index is 4.21. The Morgan fingerprint density at radius 3 is 2.21 bits per heavy atom. The molecule has 1 aliphatic heterocycles. The molecule has 0 atom stereocenters. The summed E-state index contributed by atoms with van der Waals surface area (Å²) in [6, 6.07) is 0. The van der Waals surface area contributed by atoms with Crippen LogP contribution in [0.4, 0.5) is 0 Å². The van der Waals surface area contributed by atoms with Crippen LogP contribution in [0.2, 0.25) is 0 Å². The lowest BCUT2D eigenvalue weighted by Gasteiger charge is -2.42. The summed E-state index contributed by atoms with van der Waals surface area (Å²) in [4.78, 5) is 2.62. The van der Waals surface area contributed by atoms with Gasteiger partial charge in [0, 0.05) is 0 Å². The molecule has 0 aromatic rings. The SMILES string of the molecule is C=C(CCC)CCCC1(CCC)CCN(CC)CC1. The lowest BCUT2D eigenvalue weighted by molar-refractivity contribution is 0.0873. The molecule has 1 fully saturated rings. The molecule has 19 heavy (non-hydrogen) atoms. The van der Waals surface area contributed by atoms with Gasteiger partial charge in [0.15, 0.2) is 0 Å². The average molecular weight is 265 g/mol. The van der Waals surface area contributed by atoms with E-state index in [-0.39, 0.29) is 0 Å². The van der Waals surface area contributed by atoms with Gasteiger partial charge in [-0.25, -0.2) is 0 Å². The summed E-state index contributed by atoms with van der Waals surface area (Å²) in [7, 11) is 0. The molecular weight excluding hydrogens is 230 g/mol. The van der Waals surface area contributed by atoms with Gasteiger partial charge in [0.1, 0.15) is 0 Å². The molecule has 112 valence electrons. The molecule has 1 saturated heterocycles. The van der Waals surface area contributed by atoms with Crippen molar-refractivity contribution in [2.45, 2.75) is 78.6 Å². The molecule has 1 heteroatoms. The fourth-order valence-electron chi connectivity index (χ4n) is 3.69. The van der Waals surface area contributed by atoms with Crippen LogP contribution in [0.3, 0.4) is 0 Å². The fraction of sp³-hybridized carbons (Fsp3) is 0.889. The van der Waals surface area contributed by atoms with Gasteiger partial charge in [0.05, 0.1) is 0 Å². The maximum atomic E-state index is 4.21. The second-order valence-electron chi connectivity index (χ2n) is 6.54. The van der Waals surface area contributed by atoms with Crippen LogP contribution in [0.5, 0.6) is 0 Å². The molecule has 0 saturated carbocycles. The van der Waals surface area contributed by atoms with Crippen molar-refractivity contribution in [3.05, 3.63) is 12.2 Å². The standard InChI is InChI=1S/C18H35N/c1-5-9-17(4)10-8-12-18(11-6-2)13-15-19(7-3)16-14-18/h4-16H2,1-3H3. The van der Waals surface area contributed by atoms with Crippen LogP contribution in [0.15, 0.2) is 12.2 Å². The van der Waals surface area contributed by atoms with Gasteiger partial charge >= 0.3 is 0 Å². The number of hydrogen-bond acceptors (Lipinski definition) is 1. The number of piperidine rings is 1. The van der Waals surface area contributed by atoms with Gasteiger partial charge in [-0.2, -0.15) is 0 Å². The van der Waals surface area contributed by atoms with E-state index in [9.17, 15) is 0 Å². The highest BCUT2D eigenvalue weighted by Crippen LogP contribution is 2.41. The molecule has 0 unspecified atom stereocenters. The molecule has 1 heterocycles. The number of allylic oxidation sites excluding steroid dienone is 1. The average Bonchev–Trinajstić information content (AvgIpc) is 2.40. The fourth-order valence-corrected chi connectivity index (χ4v) is 3.69. The quantitative estimate of drug-likeness (QED) is 0.503. The maximum Gasteiger partial charge on any atom is -0.00135 e. The molecule has 0 aliphatic carbocycles. The largest absolute Gasteiger partial charge is 0.304 e. The first-order valence-electron chi connectivity index (χ1n) is 8.54. The zero-order valence-electron chi connectivity index (χ0n) is 13.6. The monoisotopic (exact) mass is 265 g/mol. The van der Waals surface area contributed by atoms with Crippen molar-refractivity contribution in [1.29, 1.82) is 0 Å². The van der Waals surface area contributed by atoms with E-state index in [1.165, 1.54) is 83.0 Å². The topological polar surface area (TPSA) is 3.24 Å².